The first kappa shape index (κ1) is 30.3. The molecule has 0 spiro atoms. The highest BCUT2D eigenvalue weighted by atomic mass is 19.4. The second kappa shape index (κ2) is 9.13. The molecule has 2 aliphatic carbocycles. The van der Waals surface area contributed by atoms with E-state index in [-0.39, 0.29) is 25.7 Å². The maximum Gasteiger partial charge on any atom is 0.426 e. The van der Waals surface area contributed by atoms with Crippen LogP contribution in [0.15, 0.2) is 0 Å². The lowest BCUT2D eigenvalue weighted by Gasteiger charge is -2.50. The average Bonchev–Trinajstić information content (AvgIpc) is 2.69. The molecule has 2 saturated carbocycles. The Morgan fingerprint density at radius 3 is 0.743 bits per heavy atom. The minimum Gasteiger partial charge on any atom is -0.373 e. The van der Waals surface area contributed by atoms with Gasteiger partial charge in [-0.15, -0.1) is 0 Å². The molecule has 0 amide bonds. The van der Waals surface area contributed by atoms with Gasteiger partial charge in [0.2, 0.25) is 0 Å². The molecule has 35 heavy (non-hydrogen) atoms. The Kier molecular flexibility index (Phi) is 7.90. The quantitative estimate of drug-likeness (QED) is 0.367. The number of aliphatic hydroxyl groups is 2. The van der Waals surface area contributed by atoms with Gasteiger partial charge in [0.1, 0.15) is 0 Å². The lowest BCUT2D eigenvalue weighted by atomic mass is 9.57. The van der Waals surface area contributed by atoms with Gasteiger partial charge in [-0.3, -0.25) is 0 Å². The van der Waals surface area contributed by atoms with Gasteiger partial charge >= 0.3 is 24.7 Å². The molecule has 0 bridgehead atoms. The summed E-state index contributed by atoms with van der Waals surface area (Å²) in [6.45, 7) is 3.28. The van der Waals surface area contributed by atoms with Crippen LogP contribution in [0.1, 0.15) is 65.2 Å². The largest absolute Gasteiger partial charge is 0.426 e. The molecule has 0 saturated heterocycles. The highest BCUT2D eigenvalue weighted by molar-refractivity contribution is 5.04. The van der Waals surface area contributed by atoms with Crippen LogP contribution in [0, 0.1) is 29.1 Å². The molecule has 2 fully saturated rings. The molecule has 0 aromatic rings. The zero-order valence-electron chi connectivity index (χ0n) is 18.9. The molecule has 2 N–H and O–H groups in total. The Hall–Kier alpha value is -0.920. The summed E-state index contributed by atoms with van der Waals surface area (Å²) in [6, 6.07) is 0. The van der Waals surface area contributed by atoms with Crippen molar-refractivity contribution in [1.29, 1.82) is 0 Å². The molecule has 0 heterocycles. The van der Waals surface area contributed by atoms with Gasteiger partial charge in [0.05, 0.1) is 0 Å². The average molecular weight is 540 g/mol. The van der Waals surface area contributed by atoms with Gasteiger partial charge in [0, 0.05) is 11.8 Å². The predicted molar refractivity (Wildman–Crippen MR) is 98.8 cm³/mol. The van der Waals surface area contributed by atoms with E-state index >= 15 is 0 Å². The molecule has 0 radical (unpaired) electrons. The zero-order chi connectivity index (χ0) is 27.5. The first-order chi connectivity index (χ1) is 15.4. The maximum atomic E-state index is 13.2. The third-order valence-electron chi connectivity index (χ3n) is 8.47. The molecule has 2 nitrogen and oxygen atoms in total. The smallest absolute Gasteiger partial charge is 0.373 e. The van der Waals surface area contributed by atoms with E-state index in [1.54, 1.807) is 13.8 Å². The van der Waals surface area contributed by atoms with Crippen molar-refractivity contribution in [3.05, 3.63) is 0 Å². The van der Waals surface area contributed by atoms with Crippen LogP contribution in [0.25, 0.3) is 0 Å². The van der Waals surface area contributed by atoms with Crippen molar-refractivity contribution < 1.29 is 62.9 Å². The van der Waals surface area contributed by atoms with Gasteiger partial charge in [-0.25, -0.2) is 0 Å². The van der Waals surface area contributed by atoms with E-state index in [1.165, 1.54) is 0 Å². The summed E-state index contributed by atoms with van der Waals surface area (Å²) in [4.78, 5) is 0. The minimum absolute atomic E-state index is 0.124. The predicted octanol–water partition coefficient (Wildman–Crippen LogP) is 7.34. The first-order valence-electron chi connectivity index (χ1n) is 11.1. The van der Waals surface area contributed by atoms with Crippen molar-refractivity contribution in [3.63, 3.8) is 0 Å². The molecule has 0 unspecified atom stereocenters. The van der Waals surface area contributed by atoms with Crippen molar-refractivity contribution in [2.45, 2.75) is 101 Å². The summed E-state index contributed by atoms with van der Waals surface area (Å²) in [5.74, 6) is -5.15. The molecule has 208 valence electrons. The molecular formula is C21H28F12O2. The summed E-state index contributed by atoms with van der Waals surface area (Å²) < 4.78 is 158. The van der Waals surface area contributed by atoms with Crippen LogP contribution in [-0.2, 0) is 0 Å². The van der Waals surface area contributed by atoms with Crippen LogP contribution in [0.5, 0.6) is 0 Å². The molecule has 0 aromatic heterocycles. The highest BCUT2D eigenvalue weighted by Crippen LogP contribution is 2.58. The van der Waals surface area contributed by atoms with Crippen molar-refractivity contribution in [2.24, 2.45) is 29.1 Å². The summed E-state index contributed by atoms with van der Waals surface area (Å²) in [6.07, 6.45) is -26.6. The molecule has 2 aliphatic rings. The number of alkyl halides is 12. The first-order valence-corrected chi connectivity index (χ1v) is 11.1. The van der Waals surface area contributed by atoms with Crippen LogP contribution in [0.3, 0.4) is 0 Å². The fourth-order valence-corrected chi connectivity index (χ4v) is 6.09. The van der Waals surface area contributed by atoms with Gasteiger partial charge in [-0.1, -0.05) is 13.8 Å². The van der Waals surface area contributed by atoms with Gasteiger partial charge < -0.3 is 10.2 Å². The van der Waals surface area contributed by atoms with Crippen molar-refractivity contribution in [3.8, 4) is 0 Å². The number of halogens is 12. The van der Waals surface area contributed by atoms with E-state index in [9.17, 15) is 62.9 Å². The number of rotatable bonds is 4. The molecular weight excluding hydrogens is 512 g/mol. The van der Waals surface area contributed by atoms with Gasteiger partial charge in [0.25, 0.3) is 11.2 Å². The SMILES string of the molecule is CC(C)(C1CCC(C(O)(C(F)(F)F)C(F)(F)F)CC1)C1CCC(C(O)(C(F)(F)F)C(F)(F)F)CC1. The summed E-state index contributed by atoms with van der Waals surface area (Å²) in [7, 11) is 0. The summed E-state index contributed by atoms with van der Waals surface area (Å²) >= 11 is 0. The number of hydrogen-bond donors (Lipinski definition) is 2. The molecule has 2 rings (SSSR count). The highest BCUT2D eigenvalue weighted by Gasteiger charge is 2.74. The van der Waals surface area contributed by atoms with E-state index < -0.39 is 90.7 Å². The Labute approximate surface area is 194 Å². The second-order valence-electron chi connectivity index (χ2n) is 10.4. The molecule has 0 aromatic carbocycles. The summed E-state index contributed by atoms with van der Waals surface area (Å²) in [5.41, 5.74) is -10.5. The third-order valence-corrected chi connectivity index (χ3v) is 8.47. The van der Waals surface area contributed by atoms with Crippen molar-refractivity contribution >= 4 is 0 Å². The maximum absolute atomic E-state index is 13.2. The second-order valence-corrected chi connectivity index (χ2v) is 10.4. The van der Waals surface area contributed by atoms with Crippen LogP contribution in [-0.4, -0.2) is 46.1 Å². The Morgan fingerprint density at radius 1 is 0.400 bits per heavy atom. The minimum atomic E-state index is -5.94. The van der Waals surface area contributed by atoms with E-state index in [0.717, 1.165) is 0 Å². The lowest BCUT2D eigenvalue weighted by molar-refractivity contribution is -0.387. The van der Waals surface area contributed by atoms with Gasteiger partial charge in [-0.05, 0) is 68.6 Å². The normalized spacial score (nSPS) is 28.8. The van der Waals surface area contributed by atoms with Crippen molar-refractivity contribution in [2.75, 3.05) is 0 Å². The fourth-order valence-electron chi connectivity index (χ4n) is 6.09. The van der Waals surface area contributed by atoms with Crippen LogP contribution < -0.4 is 0 Å². The zero-order valence-corrected chi connectivity index (χ0v) is 18.9. The molecule has 0 aliphatic heterocycles. The topological polar surface area (TPSA) is 40.5 Å². The van der Waals surface area contributed by atoms with Crippen LogP contribution in [0.2, 0.25) is 0 Å². The third kappa shape index (κ3) is 5.11. The van der Waals surface area contributed by atoms with E-state index in [4.69, 9.17) is 0 Å². The van der Waals surface area contributed by atoms with E-state index in [2.05, 4.69) is 0 Å². The van der Waals surface area contributed by atoms with Gasteiger partial charge in [-0.2, -0.15) is 52.7 Å². The Bertz CT molecular complexity index is 631. The van der Waals surface area contributed by atoms with E-state index in [1.807, 2.05) is 0 Å². The fraction of sp³-hybridized carbons (Fsp3) is 1.00. The number of hydrogen-bond acceptors (Lipinski definition) is 2. The lowest BCUT2D eigenvalue weighted by Crippen LogP contribution is -2.62. The standard InChI is InChI=1S/C21H28F12O2/c1-15(2,11-3-7-13(8-4-11)16(34,18(22,23)24)19(25,26)27)12-5-9-14(10-6-12)17(35,20(28,29)30)21(31,32)33/h11-14,34-35H,3-10H2,1-2H3. The van der Waals surface area contributed by atoms with E-state index in [0.29, 0.717) is 0 Å². The van der Waals surface area contributed by atoms with Gasteiger partial charge in [0.15, 0.2) is 0 Å². The van der Waals surface area contributed by atoms with Crippen LogP contribution in [0.4, 0.5) is 52.7 Å². The Morgan fingerprint density at radius 2 is 0.571 bits per heavy atom. The molecule has 14 heteroatoms. The monoisotopic (exact) mass is 540 g/mol. The Balaban J connectivity index is 2.11. The molecule has 0 atom stereocenters. The summed E-state index contributed by atoms with van der Waals surface area (Å²) in [5, 5.41) is 19.3. The van der Waals surface area contributed by atoms with Crippen molar-refractivity contribution in [1.82, 2.24) is 0 Å². The van der Waals surface area contributed by atoms with Crippen LogP contribution >= 0.6 is 0 Å².